The molecule has 2 aromatic rings. The normalized spacial score (nSPS) is 11.0. The maximum Gasteiger partial charge on any atom is 0.263 e. The fraction of sp³-hybridized carbons (Fsp3) is 0.462. The van der Waals surface area contributed by atoms with Crippen LogP contribution in [-0.2, 0) is 6.54 Å². The number of amides is 1. The number of carbonyl (C=O) groups is 1. The molecule has 0 fully saturated rings. The van der Waals surface area contributed by atoms with Crippen molar-refractivity contribution >= 4 is 28.6 Å². The maximum absolute atomic E-state index is 12.1. The third-order valence-corrected chi connectivity index (χ3v) is 5.00. The zero-order valence-electron chi connectivity index (χ0n) is 11.5. The van der Waals surface area contributed by atoms with Gasteiger partial charge in [-0.25, -0.2) is 9.97 Å². The summed E-state index contributed by atoms with van der Waals surface area (Å²) in [4.78, 5) is 21.6. The van der Waals surface area contributed by atoms with E-state index in [4.69, 9.17) is 0 Å². The van der Waals surface area contributed by atoms with Crippen LogP contribution in [0.2, 0.25) is 0 Å². The minimum absolute atomic E-state index is 0.0604. The van der Waals surface area contributed by atoms with Crippen LogP contribution in [0.4, 0.5) is 0 Å². The molecule has 0 unspecified atom stereocenters. The van der Waals surface area contributed by atoms with Gasteiger partial charge in [0, 0.05) is 17.0 Å². The summed E-state index contributed by atoms with van der Waals surface area (Å²) in [7, 11) is 0. The van der Waals surface area contributed by atoms with Crippen molar-refractivity contribution < 1.29 is 4.79 Å². The van der Waals surface area contributed by atoms with Gasteiger partial charge in [0.2, 0.25) is 0 Å². The predicted molar refractivity (Wildman–Crippen MR) is 79.0 cm³/mol. The van der Waals surface area contributed by atoms with Gasteiger partial charge >= 0.3 is 0 Å². The summed E-state index contributed by atoms with van der Waals surface area (Å²) in [6.45, 7) is 8.47. The molecule has 19 heavy (non-hydrogen) atoms. The van der Waals surface area contributed by atoms with Crippen molar-refractivity contribution in [1.29, 1.82) is 0 Å². The average Bonchev–Trinajstić information content (AvgIpc) is 2.92. The van der Waals surface area contributed by atoms with E-state index in [1.807, 2.05) is 19.2 Å². The highest BCUT2D eigenvalue weighted by molar-refractivity contribution is 7.13. The van der Waals surface area contributed by atoms with Crippen LogP contribution in [0, 0.1) is 13.8 Å². The number of aromatic nitrogens is 2. The maximum atomic E-state index is 12.1. The molecule has 0 radical (unpaired) electrons. The Morgan fingerprint density at radius 2 is 2.11 bits per heavy atom. The first-order valence-electron chi connectivity index (χ1n) is 6.14. The van der Waals surface area contributed by atoms with E-state index in [1.54, 1.807) is 11.3 Å². The standard InChI is InChI=1S/C13H17N3OS2/c1-7(2)13-16-9(4)11(19-13)12(17)14-5-10-15-8(3)6-18-10/h6-7H,5H2,1-4H3,(H,14,17). The molecule has 102 valence electrons. The van der Waals surface area contributed by atoms with Gasteiger partial charge in [-0.2, -0.15) is 0 Å². The number of hydrogen-bond acceptors (Lipinski definition) is 5. The van der Waals surface area contributed by atoms with E-state index >= 15 is 0 Å². The van der Waals surface area contributed by atoms with Gasteiger partial charge in [0.1, 0.15) is 9.88 Å². The summed E-state index contributed by atoms with van der Waals surface area (Å²) in [5, 5.41) is 6.82. The van der Waals surface area contributed by atoms with Gasteiger partial charge in [0.15, 0.2) is 0 Å². The van der Waals surface area contributed by atoms with Gasteiger partial charge < -0.3 is 5.32 Å². The van der Waals surface area contributed by atoms with Crippen LogP contribution >= 0.6 is 22.7 Å². The van der Waals surface area contributed by atoms with Crippen molar-refractivity contribution in [2.24, 2.45) is 0 Å². The van der Waals surface area contributed by atoms with E-state index in [-0.39, 0.29) is 5.91 Å². The molecular weight excluding hydrogens is 278 g/mol. The first-order valence-corrected chi connectivity index (χ1v) is 7.83. The van der Waals surface area contributed by atoms with Crippen LogP contribution in [0.15, 0.2) is 5.38 Å². The molecule has 0 bridgehead atoms. The van der Waals surface area contributed by atoms with E-state index < -0.39 is 0 Å². The van der Waals surface area contributed by atoms with E-state index in [0.717, 1.165) is 21.4 Å². The number of nitrogens with one attached hydrogen (secondary N) is 1. The number of carbonyl (C=O) groups excluding carboxylic acids is 1. The summed E-state index contributed by atoms with van der Waals surface area (Å²) < 4.78 is 0. The highest BCUT2D eigenvalue weighted by atomic mass is 32.1. The molecule has 0 atom stereocenters. The molecule has 0 aliphatic heterocycles. The Balaban J connectivity index is 2.03. The molecule has 2 heterocycles. The molecule has 0 aliphatic rings. The highest BCUT2D eigenvalue weighted by Gasteiger charge is 2.16. The smallest absolute Gasteiger partial charge is 0.263 e. The van der Waals surface area contributed by atoms with Crippen LogP contribution in [0.25, 0.3) is 0 Å². The highest BCUT2D eigenvalue weighted by Crippen LogP contribution is 2.24. The van der Waals surface area contributed by atoms with E-state index in [2.05, 4.69) is 29.1 Å². The summed E-state index contributed by atoms with van der Waals surface area (Å²) >= 11 is 3.04. The van der Waals surface area contributed by atoms with E-state index in [9.17, 15) is 4.79 Å². The molecule has 1 amide bonds. The molecule has 4 nitrogen and oxygen atoms in total. The lowest BCUT2D eigenvalue weighted by molar-refractivity contribution is 0.0954. The number of hydrogen-bond donors (Lipinski definition) is 1. The molecule has 0 spiro atoms. The van der Waals surface area contributed by atoms with Crippen molar-refractivity contribution in [2.75, 3.05) is 0 Å². The molecule has 0 saturated heterocycles. The van der Waals surface area contributed by atoms with Crippen molar-refractivity contribution in [3.63, 3.8) is 0 Å². The van der Waals surface area contributed by atoms with Gasteiger partial charge in [-0.3, -0.25) is 4.79 Å². The largest absolute Gasteiger partial charge is 0.345 e. The third-order valence-electron chi connectivity index (χ3n) is 2.58. The Morgan fingerprint density at radius 3 is 2.63 bits per heavy atom. The summed E-state index contributed by atoms with van der Waals surface area (Å²) in [6, 6.07) is 0. The van der Waals surface area contributed by atoms with Gasteiger partial charge in [-0.15, -0.1) is 22.7 Å². The lowest BCUT2D eigenvalue weighted by Crippen LogP contribution is -2.22. The second-order valence-electron chi connectivity index (χ2n) is 4.69. The molecular formula is C13H17N3OS2. The van der Waals surface area contributed by atoms with E-state index in [0.29, 0.717) is 17.3 Å². The zero-order valence-corrected chi connectivity index (χ0v) is 13.1. The predicted octanol–water partition coefficient (Wildman–Crippen LogP) is 3.27. The monoisotopic (exact) mass is 295 g/mol. The SMILES string of the molecule is Cc1csc(CNC(=O)c2sc(C(C)C)nc2C)n1. The van der Waals surface area contributed by atoms with Crippen molar-refractivity contribution in [1.82, 2.24) is 15.3 Å². The molecule has 2 aromatic heterocycles. The fourth-order valence-electron chi connectivity index (χ4n) is 1.59. The number of nitrogens with zero attached hydrogens (tertiary/aromatic N) is 2. The molecule has 1 N–H and O–H groups in total. The molecule has 2 rings (SSSR count). The van der Waals surface area contributed by atoms with Crippen LogP contribution in [0.1, 0.15) is 50.8 Å². The lowest BCUT2D eigenvalue weighted by Gasteiger charge is -2.01. The third kappa shape index (κ3) is 3.39. The van der Waals surface area contributed by atoms with Gasteiger partial charge in [0.05, 0.1) is 17.2 Å². The molecule has 6 heteroatoms. The number of aryl methyl sites for hydroxylation is 2. The van der Waals surface area contributed by atoms with Crippen LogP contribution < -0.4 is 5.32 Å². The molecule has 0 saturated carbocycles. The topological polar surface area (TPSA) is 54.9 Å². The Bertz CT molecular complexity index is 586. The number of thiazole rings is 2. The minimum atomic E-state index is -0.0604. The van der Waals surface area contributed by atoms with Gasteiger partial charge in [-0.05, 0) is 13.8 Å². The first kappa shape index (κ1) is 14.1. The van der Waals surface area contributed by atoms with Crippen molar-refractivity contribution in [3.8, 4) is 0 Å². The zero-order chi connectivity index (χ0) is 14.0. The number of rotatable bonds is 4. The average molecular weight is 295 g/mol. The first-order chi connectivity index (χ1) is 8.97. The van der Waals surface area contributed by atoms with Crippen LogP contribution in [-0.4, -0.2) is 15.9 Å². The second kappa shape index (κ2) is 5.79. The Morgan fingerprint density at radius 1 is 1.37 bits per heavy atom. The van der Waals surface area contributed by atoms with Crippen molar-refractivity contribution in [3.05, 3.63) is 31.7 Å². The Labute approximate surface area is 120 Å². The van der Waals surface area contributed by atoms with Gasteiger partial charge in [0.25, 0.3) is 5.91 Å². The van der Waals surface area contributed by atoms with Crippen LogP contribution in [0.3, 0.4) is 0 Å². The van der Waals surface area contributed by atoms with E-state index in [1.165, 1.54) is 11.3 Å². The molecule has 0 aliphatic carbocycles. The summed E-state index contributed by atoms with van der Waals surface area (Å²) in [5.74, 6) is 0.293. The quantitative estimate of drug-likeness (QED) is 0.942. The second-order valence-corrected chi connectivity index (χ2v) is 6.66. The van der Waals surface area contributed by atoms with Crippen molar-refractivity contribution in [2.45, 2.75) is 40.2 Å². The van der Waals surface area contributed by atoms with Gasteiger partial charge in [-0.1, -0.05) is 13.8 Å². The molecule has 0 aromatic carbocycles. The minimum Gasteiger partial charge on any atom is -0.345 e. The lowest BCUT2D eigenvalue weighted by atomic mass is 10.2. The summed E-state index contributed by atoms with van der Waals surface area (Å²) in [6.07, 6.45) is 0. The van der Waals surface area contributed by atoms with Crippen LogP contribution in [0.5, 0.6) is 0 Å². The Hall–Kier alpha value is -1.27. The summed E-state index contributed by atoms with van der Waals surface area (Å²) in [5.41, 5.74) is 1.80. The Kier molecular flexibility index (Phi) is 4.31. The fourth-order valence-corrected chi connectivity index (χ4v) is 3.29.